The number of ether oxygens (including phenoxy) is 1. The van der Waals surface area contributed by atoms with Gasteiger partial charge in [-0.15, -0.1) is 0 Å². The third-order valence-corrected chi connectivity index (χ3v) is 2.43. The molecule has 0 aliphatic rings. The molecule has 0 atom stereocenters. The summed E-state index contributed by atoms with van der Waals surface area (Å²) in [6.07, 6.45) is 3.13. The van der Waals surface area contributed by atoms with E-state index in [1.807, 2.05) is 0 Å². The summed E-state index contributed by atoms with van der Waals surface area (Å²) in [5.41, 5.74) is -0.0837. The van der Waals surface area contributed by atoms with Gasteiger partial charge in [-0.25, -0.2) is 4.98 Å². The summed E-state index contributed by atoms with van der Waals surface area (Å²) in [6.45, 7) is 0. The summed E-state index contributed by atoms with van der Waals surface area (Å²) < 4.78 is 6.43. The summed E-state index contributed by atoms with van der Waals surface area (Å²) in [6, 6.07) is 1.42. The Labute approximate surface area is 72.1 Å². The van der Waals surface area contributed by atoms with Crippen molar-refractivity contribution >= 4 is 16.3 Å². The maximum Gasteiger partial charge on any atom is 0.258 e. The van der Waals surface area contributed by atoms with E-state index in [-0.39, 0.29) is 5.56 Å². The van der Waals surface area contributed by atoms with Crippen molar-refractivity contribution in [1.29, 1.82) is 0 Å². The van der Waals surface area contributed by atoms with Crippen LogP contribution in [0.25, 0.3) is 4.96 Å². The normalized spacial score (nSPS) is 10.4. The molecular formula is C7H6N2O2S. The molecule has 4 nitrogen and oxygen atoms in total. The van der Waals surface area contributed by atoms with E-state index in [4.69, 9.17) is 4.74 Å². The standard InChI is InChI=1S/C7H6N2O2S/c1-11-6-4-9-5(10)2-3-8-7(9)12-6/h2-4H,1H3. The zero-order chi connectivity index (χ0) is 8.55. The smallest absolute Gasteiger partial charge is 0.258 e. The van der Waals surface area contributed by atoms with E-state index in [1.54, 1.807) is 13.3 Å². The van der Waals surface area contributed by atoms with Gasteiger partial charge in [0.25, 0.3) is 5.56 Å². The molecule has 62 valence electrons. The lowest BCUT2D eigenvalue weighted by molar-refractivity contribution is 0.425. The first-order chi connectivity index (χ1) is 5.81. The number of nitrogens with zero attached hydrogens (tertiary/aromatic N) is 2. The Morgan fingerprint density at radius 3 is 3.17 bits per heavy atom. The molecule has 0 saturated carbocycles. The number of methoxy groups -OCH3 is 1. The van der Waals surface area contributed by atoms with Crippen molar-refractivity contribution in [2.24, 2.45) is 0 Å². The van der Waals surface area contributed by atoms with Crippen LogP contribution in [0.15, 0.2) is 23.3 Å². The number of fused-ring (bicyclic) bond motifs is 1. The number of hydrogen-bond acceptors (Lipinski definition) is 4. The fraction of sp³-hybridized carbons (Fsp3) is 0.143. The fourth-order valence-electron chi connectivity index (χ4n) is 0.912. The molecule has 2 aromatic heterocycles. The molecule has 0 spiro atoms. The lowest BCUT2D eigenvalue weighted by atomic mass is 10.6. The molecule has 0 aromatic carbocycles. The molecule has 2 aromatic rings. The average molecular weight is 182 g/mol. The first-order valence-electron chi connectivity index (χ1n) is 3.32. The van der Waals surface area contributed by atoms with Gasteiger partial charge in [0.2, 0.25) is 0 Å². The summed E-state index contributed by atoms with van der Waals surface area (Å²) in [5, 5.41) is 0.686. The molecule has 5 heteroatoms. The second-order valence-electron chi connectivity index (χ2n) is 2.19. The molecule has 0 bridgehead atoms. The third kappa shape index (κ3) is 0.984. The van der Waals surface area contributed by atoms with E-state index in [9.17, 15) is 4.79 Å². The van der Waals surface area contributed by atoms with Crippen molar-refractivity contribution in [2.75, 3.05) is 7.11 Å². The Morgan fingerprint density at radius 1 is 1.67 bits per heavy atom. The molecule has 2 rings (SSSR count). The maximum absolute atomic E-state index is 11.2. The minimum atomic E-state index is -0.0837. The van der Waals surface area contributed by atoms with Gasteiger partial charge in [-0.2, -0.15) is 0 Å². The van der Waals surface area contributed by atoms with Crippen LogP contribution in [0.4, 0.5) is 0 Å². The largest absolute Gasteiger partial charge is 0.486 e. The van der Waals surface area contributed by atoms with E-state index in [1.165, 1.54) is 28.0 Å². The van der Waals surface area contributed by atoms with Crippen LogP contribution in [0.5, 0.6) is 5.06 Å². The monoisotopic (exact) mass is 182 g/mol. The lowest BCUT2D eigenvalue weighted by Gasteiger charge is -1.86. The van der Waals surface area contributed by atoms with Crippen LogP contribution in [0, 0.1) is 0 Å². The van der Waals surface area contributed by atoms with Crippen molar-refractivity contribution in [3.05, 3.63) is 28.8 Å². The summed E-state index contributed by atoms with van der Waals surface area (Å²) in [5.74, 6) is 0. The minimum absolute atomic E-state index is 0.0837. The van der Waals surface area contributed by atoms with Crippen LogP contribution in [0.2, 0.25) is 0 Å². The SMILES string of the molecule is COc1cn2c(=O)ccnc2s1. The number of aromatic nitrogens is 2. The zero-order valence-corrected chi connectivity index (χ0v) is 7.17. The first kappa shape index (κ1) is 7.30. The average Bonchev–Trinajstić information content (AvgIpc) is 2.49. The Bertz CT molecular complexity index is 460. The molecule has 0 N–H and O–H groups in total. The van der Waals surface area contributed by atoms with Crippen LogP contribution >= 0.6 is 11.3 Å². The molecule has 0 aliphatic heterocycles. The Morgan fingerprint density at radius 2 is 2.50 bits per heavy atom. The first-order valence-corrected chi connectivity index (χ1v) is 4.14. The Kier molecular flexibility index (Phi) is 1.58. The predicted octanol–water partition coefficient (Wildman–Crippen LogP) is 0.765. The zero-order valence-electron chi connectivity index (χ0n) is 6.35. The van der Waals surface area contributed by atoms with Crippen LogP contribution in [-0.4, -0.2) is 16.5 Å². The second-order valence-corrected chi connectivity index (χ2v) is 3.16. The van der Waals surface area contributed by atoms with Gasteiger partial charge in [0.15, 0.2) is 10.0 Å². The van der Waals surface area contributed by atoms with Crippen LogP contribution < -0.4 is 10.3 Å². The van der Waals surface area contributed by atoms with E-state index in [0.717, 1.165) is 0 Å². The van der Waals surface area contributed by atoms with Gasteiger partial charge in [-0.3, -0.25) is 9.20 Å². The van der Waals surface area contributed by atoms with Crippen molar-refractivity contribution < 1.29 is 4.74 Å². The van der Waals surface area contributed by atoms with Crippen molar-refractivity contribution in [3.63, 3.8) is 0 Å². The topological polar surface area (TPSA) is 43.6 Å². The summed E-state index contributed by atoms with van der Waals surface area (Å²) in [7, 11) is 1.57. The van der Waals surface area contributed by atoms with Gasteiger partial charge in [0, 0.05) is 12.3 Å². The molecule has 0 aliphatic carbocycles. The van der Waals surface area contributed by atoms with Gasteiger partial charge in [-0.1, -0.05) is 11.3 Å². The van der Waals surface area contributed by atoms with Crippen LogP contribution in [0.1, 0.15) is 0 Å². The molecule has 0 unspecified atom stereocenters. The Balaban J connectivity index is 2.83. The van der Waals surface area contributed by atoms with E-state index < -0.39 is 0 Å². The van der Waals surface area contributed by atoms with Gasteiger partial charge in [0.05, 0.1) is 13.3 Å². The molecule has 12 heavy (non-hydrogen) atoms. The van der Waals surface area contributed by atoms with Gasteiger partial charge >= 0.3 is 0 Å². The third-order valence-electron chi connectivity index (χ3n) is 1.47. The highest BCUT2D eigenvalue weighted by molar-refractivity contribution is 7.18. The molecule has 0 fully saturated rings. The molecular weight excluding hydrogens is 176 g/mol. The van der Waals surface area contributed by atoms with Crippen LogP contribution in [0.3, 0.4) is 0 Å². The van der Waals surface area contributed by atoms with Gasteiger partial charge in [0.1, 0.15) is 0 Å². The predicted molar refractivity (Wildman–Crippen MR) is 45.9 cm³/mol. The highest BCUT2D eigenvalue weighted by Gasteiger charge is 2.02. The number of hydrogen-bond donors (Lipinski definition) is 0. The number of rotatable bonds is 1. The van der Waals surface area contributed by atoms with Crippen LogP contribution in [-0.2, 0) is 0 Å². The van der Waals surface area contributed by atoms with Gasteiger partial charge in [-0.05, 0) is 0 Å². The molecule has 0 radical (unpaired) electrons. The lowest BCUT2D eigenvalue weighted by Crippen LogP contribution is -2.09. The summed E-state index contributed by atoms with van der Waals surface area (Å²) in [4.78, 5) is 15.8. The van der Waals surface area contributed by atoms with Gasteiger partial charge < -0.3 is 4.74 Å². The van der Waals surface area contributed by atoms with E-state index in [2.05, 4.69) is 4.98 Å². The fourth-order valence-corrected chi connectivity index (χ4v) is 1.69. The summed E-state index contributed by atoms with van der Waals surface area (Å²) >= 11 is 1.34. The minimum Gasteiger partial charge on any atom is -0.486 e. The van der Waals surface area contributed by atoms with Crippen molar-refractivity contribution in [3.8, 4) is 5.06 Å². The molecule has 2 heterocycles. The second kappa shape index (κ2) is 2.60. The highest BCUT2D eigenvalue weighted by Crippen LogP contribution is 2.21. The quantitative estimate of drug-likeness (QED) is 0.654. The Hall–Kier alpha value is -1.36. The van der Waals surface area contributed by atoms with E-state index in [0.29, 0.717) is 10.0 Å². The number of thiazole rings is 1. The molecule has 0 amide bonds. The van der Waals surface area contributed by atoms with Crippen molar-refractivity contribution in [2.45, 2.75) is 0 Å². The van der Waals surface area contributed by atoms with Crippen molar-refractivity contribution in [1.82, 2.24) is 9.38 Å². The van der Waals surface area contributed by atoms with E-state index >= 15 is 0 Å². The maximum atomic E-state index is 11.2. The highest BCUT2D eigenvalue weighted by atomic mass is 32.1. The molecule has 0 saturated heterocycles.